The molecule has 0 aliphatic heterocycles. The highest BCUT2D eigenvalue weighted by Gasteiger charge is 2.66. The lowest BCUT2D eigenvalue weighted by Crippen LogP contribution is -2.50. The summed E-state index contributed by atoms with van der Waals surface area (Å²) in [4.78, 5) is 11.5. The first-order valence-corrected chi connectivity index (χ1v) is 12.5. The van der Waals surface area contributed by atoms with Crippen LogP contribution in [0.2, 0.25) is 0 Å². The lowest BCUT2D eigenvalue weighted by molar-refractivity contribution is -0.148. The van der Waals surface area contributed by atoms with E-state index >= 15 is 0 Å². The van der Waals surface area contributed by atoms with Crippen molar-refractivity contribution in [3.8, 4) is 0 Å². The van der Waals surface area contributed by atoms with Crippen molar-refractivity contribution in [1.82, 2.24) is 0 Å². The van der Waals surface area contributed by atoms with E-state index in [2.05, 4.69) is 26.5 Å². The molecule has 3 saturated carbocycles. The normalized spacial score (nSPS) is 40.4. The highest BCUT2D eigenvalue weighted by atomic mass is 35.5. The van der Waals surface area contributed by atoms with E-state index in [4.69, 9.17) is 32.7 Å². The van der Waals surface area contributed by atoms with Gasteiger partial charge in [0.2, 0.25) is 0 Å². The predicted octanol–water partition coefficient (Wildman–Crippen LogP) is 7.19. The van der Waals surface area contributed by atoms with Gasteiger partial charge in [-0.25, -0.2) is 0 Å². The van der Waals surface area contributed by atoms with Crippen LogP contribution in [-0.4, -0.2) is 23.3 Å². The molecule has 6 heteroatoms. The summed E-state index contributed by atoms with van der Waals surface area (Å²) in [6, 6.07) is 0. The zero-order valence-corrected chi connectivity index (χ0v) is 21.1. The van der Waals surface area contributed by atoms with Crippen molar-refractivity contribution in [3.63, 3.8) is 0 Å². The number of esters is 1. The quantitative estimate of drug-likeness (QED) is 0.199. The summed E-state index contributed by atoms with van der Waals surface area (Å²) in [6.07, 6.45) is 9.15. The molecule has 4 rings (SSSR count). The van der Waals surface area contributed by atoms with Crippen LogP contribution in [0.4, 0.5) is 0 Å². The minimum absolute atomic E-state index is 0.00657. The summed E-state index contributed by atoms with van der Waals surface area (Å²) in [6.45, 7) is 12.6. The zero-order valence-electron chi connectivity index (χ0n) is 19.5. The largest absolute Gasteiger partial charge is 0.479 e. The highest BCUT2D eigenvalue weighted by molar-refractivity contribution is 6.56. The standard InChI is InChI=1S/C26H34Cl2O4/c1-14(2)22-21(32-24(30)23(27)28)13-20-18-7-6-16-12-17(31-15(3)29)8-10-25(16,4)19(18)9-11-26(20,22)5/h6,17-21H,1,7-13H2,2-5H3/p+1/t17?,18?,19?,20-,21?,25+,26+/m1/s1. The first kappa shape index (κ1) is 23.9. The molecule has 1 N–H and O–H groups in total. The zero-order chi connectivity index (χ0) is 23.4. The number of allylic oxidation sites excluding steroid dienone is 1. The minimum atomic E-state index is -0.405. The summed E-state index contributed by atoms with van der Waals surface area (Å²) in [5, 5.41) is 10.1. The molecule has 0 amide bonds. The summed E-state index contributed by atoms with van der Waals surface area (Å²) in [5.74, 6) is 2.20. The predicted molar refractivity (Wildman–Crippen MR) is 127 cm³/mol. The Morgan fingerprint density at radius 2 is 1.91 bits per heavy atom. The van der Waals surface area contributed by atoms with Gasteiger partial charge in [-0.1, -0.05) is 41.8 Å². The lowest BCUT2D eigenvalue weighted by atomic mass is 9.47. The molecular formula is C26H35Cl2O4+. The SMILES string of the molecule is C=C(C)[C+]1C(OC(O)=C(Cl)Cl)C[C@@H]2C3CC=C4CC(OC(C)=O)CC[C@]4(C)C3CC[C@]12C. The van der Waals surface area contributed by atoms with Crippen LogP contribution < -0.4 is 0 Å². The van der Waals surface area contributed by atoms with Crippen LogP contribution in [0.1, 0.15) is 72.6 Å². The molecule has 0 aromatic heterocycles. The molecule has 0 bridgehead atoms. The topological polar surface area (TPSA) is 55.8 Å². The van der Waals surface area contributed by atoms with Crippen molar-refractivity contribution in [2.24, 2.45) is 28.6 Å². The molecule has 4 aliphatic rings. The molecule has 176 valence electrons. The third kappa shape index (κ3) is 3.86. The smallest absolute Gasteiger partial charge is 0.310 e. The van der Waals surface area contributed by atoms with Gasteiger partial charge in [0.15, 0.2) is 10.6 Å². The van der Waals surface area contributed by atoms with Crippen LogP contribution in [0, 0.1) is 34.5 Å². The third-order valence-electron chi connectivity index (χ3n) is 9.06. The van der Waals surface area contributed by atoms with Crippen molar-refractivity contribution < 1.29 is 19.4 Å². The van der Waals surface area contributed by atoms with Gasteiger partial charge in [0.25, 0.3) is 0 Å². The van der Waals surface area contributed by atoms with Crippen LogP contribution in [0.15, 0.2) is 34.2 Å². The fourth-order valence-electron chi connectivity index (χ4n) is 7.82. The number of hydrogen-bond acceptors (Lipinski definition) is 4. The molecule has 4 unspecified atom stereocenters. The minimum Gasteiger partial charge on any atom is -0.479 e. The van der Waals surface area contributed by atoms with E-state index in [1.807, 2.05) is 6.92 Å². The van der Waals surface area contributed by atoms with Crippen molar-refractivity contribution in [2.75, 3.05) is 0 Å². The Bertz CT molecular complexity index is 860. The van der Waals surface area contributed by atoms with E-state index in [9.17, 15) is 9.90 Å². The van der Waals surface area contributed by atoms with Crippen LogP contribution in [0.5, 0.6) is 0 Å². The Morgan fingerprint density at radius 1 is 1.19 bits per heavy atom. The molecule has 3 fully saturated rings. The Hall–Kier alpha value is -1.26. The Morgan fingerprint density at radius 3 is 2.53 bits per heavy atom. The van der Waals surface area contributed by atoms with Crippen LogP contribution in [0.25, 0.3) is 0 Å². The van der Waals surface area contributed by atoms with Gasteiger partial charge >= 0.3 is 11.9 Å². The number of fused-ring (bicyclic) bond motifs is 5. The first-order chi connectivity index (χ1) is 15.0. The number of ether oxygens (including phenoxy) is 2. The Kier molecular flexibility index (Phi) is 6.35. The number of halogens is 2. The monoisotopic (exact) mass is 481 g/mol. The summed E-state index contributed by atoms with van der Waals surface area (Å²) in [5.41, 5.74) is 2.64. The second kappa shape index (κ2) is 8.51. The number of rotatable bonds is 4. The van der Waals surface area contributed by atoms with Crippen molar-refractivity contribution in [1.29, 1.82) is 0 Å². The maximum absolute atomic E-state index is 11.5. The molecule has 4 nitrogen and oxygen atoms in total. The van der Waals surface area contributed by atoms with E-state index in [-0.39, 0.29) is 33.5 Å². The maximum Gasteiger partial charge on any atom is 0.310 e. The maximum atomic E-state index is 11.5. The Balaban J connectivity index is 1.62. The first-order valence-electron chi connectivity index (χ1n) is 11.8. The molecule has 0 aromatic rings. The summed E-state index contributed by atoms with van der Waals surface area (Å²) < 4.78 is 11.2. The van der Waals surface area contributed by atoms with E-state index in [0.717, 1.165) is 50.5 Å². The van der Waals surface area contributed by atoms with Gasteiger partial charge in [-0.05, 0) is 69.1 Å². The molecule has 0 heterocycles. The molecule has 0 saturated heterocycles. The Labute approximate surface area is 202 Å². The van der Waals surface area contributed by atoms with Gasteiger partial charge in [0.1, 0.15) is 17.6 Å². The summed E-state index contributed by atoms with van der Waals surface area (Å²) >= 11 is 11.5. The number of aliphatic hydroxyl groups excluding tert-OH is 1. The highest BCUT2D eigenvalue weighted by Crippen LogP contribution is 2.68. The molecule has 7 atom stereocenters. The van der Waals surface area contributed by atoms with Crippen molar-refractivity contribution in [2.45, 2.75) is 84.8 Å². The van der Waals surface area contributed by atoms with Crippen LogP contribution >= 0.6 is 23.2 Å². The third-order valence-corrected chi connectivity index (χ3v) is 9.38. The average molecular weight is 482 g/mol. The molecular weight excluding hydrogens is 447 g/mol. The second-order valence-corrected chi connectivity index (χ2v) is 11.7. The van der Waals surface area contributed by atoms with Crippen LogP contribution in [0.3, 0.4) is 0 Å². The lowest BCUT2D eigenvalue weighted by Gasteiger charge is -2.56. The van der Waals surface area contributed by atoms with Crippen LogP contribution in [-0.2, 0) is 14.3 Å². The molecule has 0 aromatic carbocycles. The molecule has 0 radical (unpaired) electrons. The van der Waals surface area contributed by atoms with E-state index < -0.39 is 5.95 Å². The number of hydrogen-bond donors (Lipinski definition) is 1. The van der Waals surface area contributed by atoms with Gasteiger partial charge in [-0.15, -0.1) is 0 Å². The van der Waals surface area contributed by atoms with Gasteiger partial charge in [0, 0.05) is 26.3 Å². The molecule has 0 spiro atoms. The van der Waals surface area contributed by atoms with Gasteiger partial charge in [0.05, 0.1) is 5.41 Å². The fraction of sp³-hybridized carbons (Fsp3) is 0.692. The number of aliphatic hydroxyl groups is 1. The van der Waals surface area contributed by atoms with Crippen molar-refractivity contribution >= 4 is 29.2 Å². The number of carbonyl (C=O) groups excluding carboxylic acids is 1. The van der Waals surface area contributed by atoms with Gasteiger partial charge in [-0.3, -0.25) is 4.79 Å². The van der Waals surface area contributed by atoms with Crippen molar-refractivity contribution in [3.05, 3.63) is 40.2 Å². The van der Waals surface area contributed by atoms with Gasteiger partial charge in [-0.2, -0.15) is 0 Å². The molecule has 4 aliphatic carbocycles. The number of carbonyl (C=O) groups is 1. The average Bonchev–Trinajstić information content (AvgIpc) is 2.99. The van der Waals surface area contributed by atoms with Gasteiger partial charge < -0.3 is 14.6 Å². The molecule has 32 heavy (non-hydrogen) atoms. The van der Waals surface area contributed by atoms with E-state index in [0.29, 0.717) is 17.8 Å². The summed E-state index contributed by atoms with van der Waals surface area (Å²) in [7, 11) is 0. The second-order valence-electron chi connectivity index (χ2n) is 10.8. The van der Waals surface area contributed by atoms with E-state index in [1.54, 1.807) is 0 Å². The van der Waals surface area contributed by atoms with E-state index in [1.165, 1.54) is 18.4 Å². The fourth-order valence-corrected chi connectivity index (χ4v) is 7.91.